The number of benzene rings is 4. The van der Waals surface area contributed by atoms with E-state index in [0.29, 0.717) is 22.0 Å². The van der Waals surface area contributed by atoms with Crippen LogP contribution in [0.3, 0.4) is 0 Å². The van der Waals surface area contributed by atoms with Gasteiger partial charge in [0.1, 0.15) is 11.6 Å². The van der Waals surface area contributed by atoms with Crippen molar-refractivity contribution in [3.63, 3.8) is 0 Å². The average Bonchev–Trinajstić information content (AvgIpc) is 3.49. The predicted molar refractivity (Wildman–Crippen MR) is 158 cm³/mol. The second-order valence-electron chi connectivity index (χ2n) is 9.57. The highest BCUT2D eigenvalue weighted by Gasteiger charge is 2.38. The molecule has 2 aromatic heterocycles. The summed E-state index contributed by atoms with van der Waals surface area (Å²) in [4.78, 5) is 17.6. The van der Waals surface area contributed by atoms with E-state index < -0.39 is 11.6 Å². The maximum absolute atomic E-state index is 13.0. The number of nitrogens with zero attached hydrogens (tertiary/aromatic N) is 3. The van der Waals surface area contributed by atoms with Crippen molar-refractivity contribution in [3.8, 4) is 5.69 Å². The first kappa shape index (κ1) is 25.6. The van der Waals surface area contributed by atoms with Crippen LogP contribution in [0.15, 0.2) is 151 Å². The van der Waals surface area contributed by atoms with Gasteiger partial charge in [0.05, 0.1) is 17.7 Å². The molecule has 0 fully saturated rings. The second-order valence-corrected chi connectivity index (χ2v) is 10.0. The van der Waals surface area contributed by atoms with Gasteiger partial charge in [-0.1, -0.05) is 109 Å². The zero-order valence-electron chi connectivity index (χ0n) is 21.5. The van der Waals surface area contributed by atoms with Crippen LogP contribution >= 0.6 is 11.6 Å². The lowest BCUT2D eigenvalue weighted by atomic mass is 9.77. The molecule has 2 heterocycles. The molecule has 0 aliphatic heterocycles. The van der Waals surface area contributed by atoms with E-state index >= 15 is 0 Å². The zero-order chi connectivity index (χ0) is 27.5. The first-order chi connectivity index (χ1) is 19.6. The highest BCUT2D eigenvalue weighted by Crippen LogP contribution is 2.41. The maximum Gasteiger partial charge on any atom is 0.255 e. The number of aliphatic hydroxyl groups excluding tert-OH is 1. The molecule has 0 radical (unpaired) electrons. The van der Waals surface area contributed by atoms with Crippen molar-refractivity contribution in [2.75, 3.05) is 0 Å². The molecule has 0 bridgehead atoms. The number of halogens is 1. The molecule has 1 unspecified atom stereocenters. The van der Waals surface area contributed by atoms with Gasteiger partial charge in [0.25, 0.3) is 5.56 Å². The molecule has 0 spiro atoms. The summed E-state index contributed by atoms with van der Waals surface area (Å²) in [6.45, 7) is 0. The predicted octanol–water partition coefficient (Wildman–Crippen LogP) is 6.61. The van der Waals surface area contributed by atoms with Crippen molar-refractivity contribution in [3.05, 3.63) is 189 Å². The monoisotopic (exact) mass is 543 g/mol. The fourth-order valence-electron chi connectivity index (χ4n) is 5.32. The molecule has 1 atom stereocenters. The summed E-state index contributed by atoms with van der Waals surface area (Å²) in [5.74, 6) is 0. The van der Waals surface area contributed by atoms with E-state index in [1.54, 1.807) is 42.9 Å². The van der Waals surface area contributed by atoms with Crippen LogP contribution in [0.25, 0.3) is 5.69 Å². The summed E-state index contributed by atoms with van der Waals surface area (Å²) in [6, 6.07) is 41.0. The van der Waals surface area contributed by atoms with Crippen molar-refractivity contribution in [1.82, 2.24) is 14.1 Å². The first-order valence-electron chi connectivity index (χ1n) is 12.9. The van der Waals surface area contributed by atoms with Gasteiger partial charge in [-0.3, -0.25) is 9.36 Å². The Labute approximate surface area is 237 Å². The van der Waals surface area contributed by atoms with Crippen LogP contribution in [-0.4, -0.2) is 19.2 Å². The van der Waals surface area contributed by atoms with E-state index in [2.05, 4.69) is 41.4 Å². The molecule has 40 heavy (non-hydrogen) atoms. The number of aromatic nitrogens is 3. The molecule has 0 aliphatic rings. The van der Waals surface area contributed by atoms with Crippen molar-refractivity contribution in [2.24, 2.45) is 0 Å². The van der Waals surface area contributed by atoms with E-state index in [9.17, 15) is 9.90 Å². The van der Waals surface area contributed by atoms with Crippen LogP contribution < -0.4 is 5.56 Å². The third-order valence-corrected chi connectivity index (χ3v) is 7.43. The van der Waals surface area contributed by atoms with E-state index in [-0.39, 0.29) is 5.56 Å². The molecule has 0 amide bonds. The fraction of sp³-hybridized carbons (Fsp3) is 0.0588. The van der Waals surface area contributed by atoms with E-state index in [0.717, 1.165) is 16.7 Å². The van der Waals surface area contributed by atoms with Crippen LogP contribution in [0.4, 0.5) is 0 Å². The normalized spacial score (nSPS) is 12.2. The molecule has 0 aliphatic carbocycles. The van der Waals surface area contributed by atoms with Gasteiger partial charge in [0.15, 0.2) is 0 Å². The molecule has 4 aromatic carbocycles. The Morgan fingerprint density at radius 3 is 1.82 bits per heavy atom. The fourth-order valence-corrected chi connectivity index (χ4v) is 5.51. The maximum atomic E-state index is 13.0. The quantitative estimate of drug-likeness (QED) is 0.230. The number of rotatable bonds is 7. The summed E-state index contributed by atoms with van der Waals surface area (Å²) in [6.07, 6.45) is 4.16. The number of hydrogen-bond donors (Lipinski definition) is 1. The molecular formula is C34H26ClN3O2. The van der Waals surface area contributed by atoms with Gasteiger partial charge in [0, 0.05) is 23.5 Å². The van der Waals surface area contributed by atoms with Crippen LogP contribution in [0.2, 0.25) is 5.02 Å². The van der Waals surface area contributed by atoms with E-state index in [1.165, 1.54) is 10.6 Å². The van der Waals surface area contributed by atoms with Crippen molar-refractivity contribution in [2.45, 2.75) is 11.6 Å². The molecule has 1 N–H and O–H groups in total. The lowest BCUT2D eigenvalue weighted by molar-refractivity contribution is 0.215. The summed E-state index contributed by atoms with van der Waals surface area (Å²) in [5, 5.41) is 11.9. The Balaban J connectivity index is 1.46. The number of pyridine rings is 1. The number of hydrogen-bond acceptors (Lipinski definition) is 3. The average molecular weight is 544 g/mol. The number of aliphatic hydroxyl groups is 1. The Morgan fingerprint density at radius 2 is 1.30 bits per heavy atom. The van der Waals surface area contributed by atoms with Gasteiger partial charge >= 0.3 is 0 Å². The summed E-state index contributed by atoms with van der Waals surface area (Å²) in [5.41, 5.74) is 3.68. The third kappa shape index (κ3) is 4.56. The second kappa shape index (κ2) is 10.8. The van der Waals surface area contributed by atoms with Crippen molar-refractivity contribution >= 4 is 11.6 Å². The smallest absolute Gasteiger partial charge is 0.255 e. The van der Waals surface area contributed by atoms with Crippen LogP contribution in [-0.2, 0) is 5.54 Å². The minimum absolute atomic E-state index is 0.273. The first-order valence-corrected chi connectivity index (χ1v) is 13.3. The van der Waals surface area contributed by atoms with Gasteiger partial charge in [-0.2, -0.15) is 0 Å². The van der Waals surface area contributed by atoms with Crippen LogP contribution in [0.5, 0.6) is 0 Å². The Kier molecular flexibility index (Phi) is 6.91. The van der Waals surface area contributed by atoms with Gasteiger partial charge in [-0.05, 0) is 46.5 Å². The topological polar surface area (TPSA) is 60.0 Å². The largest absolute Gasteiger partial charge is 0.382 e. The molecule has 6 aromatic rings. The summed E-state index contributed by atoms with van der Waals surface area (Å²) >= 11 is 6.11. The molecule has 6 rings (SSSR count). The lowest BCUT2D eigenvalue weighted by Gasteiger charge is -2.37. The minimum atomic E-state index is -1.09. The summed E-state index contributed by atoms with van der Waals surface area (Å²) in [7, 11) is 0. The van der Waals surface area contributed by atoms with Gasteiger partial charge < -0.3 is 9.67 Å². The molecular weight excluding hydrogens is 518 g/mol. The molecule has 6 heteroatoms. The summed E-state index contributed by atoms with van der Waals surface area (Å²) < 4.78 is 3.53. The van der Waals surface area contributed by atoms with Crippen molar-refractivity contribution in [1.29, 1.82) is 0 Å². The third-order valence-electron chi connectivity index (χ3n) is 7.19. The Hall–Kier alpha value is -4.71. The molecule has 5 nitrogen and oxygen atoms in total. The minimum Gasteiger partial charge on any atom is -0.382 e. The van der Waals surface area contributed by atoms with Gasteiger partial charge in [-0.25, -0.2) is 4.98 Å². The lowest BCUT2D eigenvalue weighted by Crippen LogP contribution is -2.37. The van der Waals surface area contributed by atoms with Crippen LogP contribution in [0.1, 0.15) is 34.1 Å². The molecule has 196 valence electrons. The van der Waals surface area contributed by atoms with Crippen LogP contribution in [0, 0.1) is 0 Å². The zero-order valence-corrected chi connectivity index (χ0v) is 22.3. The van der Waals surface area contributed by atoms with Gasteiger partial charge in [0.2, 0.25) is 0 Å². The Bertz CT molecular complexity index is 1700. The highest BCUT2D eigenvalue weighted by atomic mass is 35.5. The highest BCUT2D eigenvalue weighted by molar-refractivity contribution is 6.30. The molecule has 0 saturated carbocycles. The standard InChI is InChI=1S/C34H26ClN3O2/c35-29-17-10-18-30(22-29)38-20-19-25(21-32(38)39)33(40)31-23-37(24-36-31)34(26-11-4-1-5-12-26,27-13-6-2-7-14-27)28-15-8-3-9-16-28/h1-24,33,40H. The SMILES string of the molecule is O=c1cc(C(O)c2cn(C(c3ccccc3)(c3ccccc3)c3ccccc3)cn2)ccn1-c1cccc(Cl)c1. The van der Waals surface area contributed by atoms with E-state index in [1.807, 2.05) is 65.4 Å². The van der Waals surface area contributed by atoms with Crippen molar-refractivity contribution < 1.29 is 5.11 Å². The number of imidazole rings is 1. The molecule has 0 saturated heterocycles. The Morgan fingerprint density at radius 1 is 0.725 bits per heavy atom. The van der Waals surface area contributed by atoms with E-state index in [4.69, 9.17) is 11.6 Å². The van der Waals surface area contributed by atoms with Gasteiger partial charge in [-0.15, -0.1) is 0 Å².